The number of hydrogen-bond donors (Lipinski definition) is 2. The molecule has 0 aliphatic heterocycles. The molecule has 0 spiro atoms. The van der Waals surface area contributed by atoms with E-state index in [0.717, 1.165) is 31.9 Å². The highest BCUT2D eigenvalue weighted by molar-refractivity contribution is 6.33. The van der Waals surface area contributed by atoms with Crippen LogP contribution in [0.5, 0.6) is 0 Å². The van der Waals surface area contributed by atoms with Crippen molar-refractivity contribution in [2.24, 2.45) is 21.9 Å². The number of quaternary nitrogens is 2. The molecule has 0 heterocycles. The average molecular weight is 451 g/mol. The second-order valence-corrected chi connectivity index (χ2v) is 9.01. The van der Waals surface area contributed by atoms with E-state index in [0.29, 0.717) is 20.6 Å². The Morgan fingerprint density at radius 3 is 1.97 bits per heavy atom. The Labute approximate surface area is 187 Å². The first-order valence-electron chi connectivity index (χ1n) is 9.78. The summed E-state index contributed by atoms with van der Waals surface area (Å²) in [5, 5.41) is 19.3. The molecule has 0 saturated carbocycles. The Bertz CT molecular complexity index is 902. The van der Waals surface area contributed by atoms with Crippen molar-refractivity contribution in [2.75, 3.05) is 59.3 Å². The molecule has 4 N–H and O–H groups in total. The maximum atomic E-state index is 10.8. The van der Waals surface area contributed by atoms with Gasteiger partial charge in [0.15, 0.2) is 0 Å². The van der Waals surface area contributed by atoms with E-state index >= 15 is 0 Å². The summed E-state index contributed by atoms with van der Waals surface area (Å²) < 4.78 is 0.749. The highest BCUT2D eigenvalue weighted by atomic mass is 35.5. The zero-order valence-electron chi connectivity index (χ0n) is 18.4. The number of benzene rings is 2. The van der Waals surface area contributed by atoms with E-state index in [1.165, 1.54) is 18.2 Å². The van der Waals surface area contributed by atoms with Gasteiger partial charge in [0.1, 0.15) is 18.8 Å². The number of likely N-dealkylation sites (N-methyl/N-ethyl adjacent to an activating group) is 2. The van der Waals surface area contributed by atoms with Crippen LogP contribution >= 0.6 is 11.6 Å². The van der Waals surface area contributed by atoms with Crippen molar-refractivity contribution in [2.45, 2.75) is 0 Å². The molecule has 0 bridgehead atoms. The van der Waals surface area contributed by atoms with Crippen molar-refractivity contribution < 1.29 is 14.1 Å². The van der Waals surface area contributed by atoms with E-state index in [-0.39, 0.29) is 10.7 Å². The molecule has 0 unspecified atom stereocenters. The van der Waals surface area contributed by atoms with Gasteiger partial charge in [-0.1, -0.05) is 11.6 Å². The fourth-order valence-electron chi connectivity index (χ4n) is 2.66. The number of anilines is 1. The number of nitro benzene ring substituents is 1. The molecular weight excluding hydrogens is 420 g/mol. The fourth-order valence-corrected chi connectivity index (χ4v) is 2.87. The molecule has 0 fully saturated rings. The molecule has 0 saturated heterocycles. The summed E-state index contributed by atoms with van der Waals surface area (Å²) in [6, 6.07) is 11.7. The summed E-state index contributed by atoms with van der Waals surface area (Å²) in [6.45, 7) is 3.11. The van der Waals surface area contributed by atoms with Crippen LogP contribution in [-0.2, 0) is 0 Å². The Hall–Kier alpha value is -2.63. The monoisotopic (exact) mass is 450 g/mol. The predicted octanol–water partition coefficient (Wildman–Crippen LogP) is 3.37. The SMILES string of the molecule is C[N+](C)(N)CCN(CC[N+](C)(C)N)c1ccc(N=Nc2ccc([N+](=O)[O-])cc2Cl)cc1. The second-order valence-electron chi connectivity index (χ2n) is 8.60. The van der Waals surface area contributed by atoms with Crippen molar-refractivity contribution in [1.82, 2.24) is 0 Å². The quantitative estimate of drug-likeness (QED) is 0.189. The van der Waals surface area contributed by atoms with Gasteiger partial charge in [-0.2, -0.15) is 16.8 Å². The fraction of sp³-hybridized carbons (Fsp3) is 0.400. The topological polar surface area (TPSA) is 123 Å². The van der Waals surface area contributed by atoms with E-state index in [1.807, 2.05) is 52.5 Å². The molecule has 2 aromatic rings. The van der Waals surface area contributed by atoms with Gasteiger partial charge in [-0.25, -0.2) is 0 Å². The number of nitrogens with zero attached hydrogens (tertiary/aromatic N) is 6. The molecule has 0 radical (unpaired) electrons. The van der Waals surface area contributed by atoms with Gasteiger partial charge in [-0.05, 0) is 30.3 Å². The smallest absolute Gasteiger partial charge is 0.271 e. The Balaban J connectivity index is 2.14. The minimum Gasteiger partial charge on any atom is -0.360 e. The van der Waals surface area contributed by atoms with E-state index in [9.17, 15) is 10.1 Å². The van der Waals surface area contributed by atoms with Gasteiger partial charge >= 0.3 is 0 Å². The number of nitrogens with two attached hydrogens (primary N) is 2. The molecule has 168 valence electrons. The number of halogens is 1. The third-order valence-electron chi connectivity index (χ3n) is 4.52. The zero-order chi connectivity index (χ0) is 23.2. The highest BCUT2D eigenvalue weighted by Crippen LogP contribution is 2.30. The summed E-state index contributed by atoms with van der Waals surface area (Å²) in [5.41, 5.74) is 1.95. The van der Waals surface area contributed by atoms with Crippen molar-refractivity contribution in [3.05, 3.63) is 57.6 Å². The zero-order valence-corrected chi connectivity index (χ0v) is 19.2. The molecule has 11 heteroatoms. The van der Waals surface area contributed by atoms with Crippen LogP contribution in [0.1, 0.15) is 0 Å². The van der Waals surface area contributed by atoms with E-state index < -0.39 is 4.92 Å². The normalized spacial score (nSPS) is 12.4. The van der Waals surface area contributed by atoms with Gasteiger partial charge in [0.05, 0.1) is 56.9 Å². The minimum atomic E-state index is -0.507. The van der Waals surface area contributed by atoms with E-state index in [4.69, 9.17) is 23.3 Å². The molecule has 31 heavy (non-hydrogen) atoms. The van der Waals surface area contributed by atoms with Gasteiger partial charge in [-0.3, -0.25) is 19.3 Å². The third kappa shape index (κ3) is 8.56. The van der Waals surface area contributed by atoms with E-state index in [1.54, 1.807) is 0 Å². The lowest BCUT2D eigenvalue weighted by Crippen LogP contribution is -2.54. The van der Waals surface area contributed by atoms with Crippen molar-refractivity contribution in [3.63, 3.8) is 0 Å². The van der Waals surface area contributed by atoms with Gasteiger partial charge < -0.3 is 4.90 Å². The van der Waals surface area contributed by atoms with Crippen molar-refractivity contribution >= 4 is 34.4 Å². The summed E-state index contributed by atoms with van der Waals surface area (Å²) in [6.07, 6.45) is 0. The molecule has 0 aliphatic rings. The summed E-state index contributed by atoms with van der Waals surface area (Å²) in [7, 11) is 7.81. The third-order valence-corrected chi connectivity index (χ3v) is 4.83. The predicted molar refractivity (Wildman–Crippen MR) is 123 cm³/mol. The van der Waals surface area contributed by atoms with Crippen LogP contribution in [0.4, 0.5) is 22.7 Å². The first-order chi connectivity index (χ1) is 14.3. The van der Waals surface area contributed by atoms with Crippen LogP contribution in [0.2, 0.25) is 5.02 Å². The number of azo groups is 1. The molecular formula is C20H31ClN8O2+2. The van der Waals surface area contributed by atoms with Crippen LogP contribution in [0.15, 0.2) is 52.7 Å². The maximum absolute atomic E-state index is 10.8. The number of rotatable bonds is 10. The van der Waals surface area contributed by atoms with Gasteiger partial charge in [0.25, 0.3) is 5.69 Å². The standard InChI is InChI=1S/C20H31ClN8O2/c1-28(2,22)13-11-26(12-14-29(3,4)23)17-7-5-16(6-8-17)24-25-20-10-9-18(27(30)31)15-19(20)21/h5-10,15H,11-14,22-23H2,1-4H3/q+2. The maximum Gasteiger partial charge on any atom is 0.271 e. The van der Waals surface area contributed by atoms with E-state index in [2.05, 4.69) is 15.1 Å². The average Bonchev–Trinajstić information content (AvgIpc) is 2.66. The molecule has 0 amide bonds. The van der Waals surface area contributed by atoms with Crippen LogP contribution in [0, 0.1) is 10.1 Å². The lowest BCUT2D eigenvalue weighted by molar-refractivity contribution is -0.902. The first-order valence-corrected chi connectivity index (χ1v) is 10.2. The molecule has 2 aromatic carbocycles. The summed E-state index contributed by atoms with van der Waals surface area (Å²) >= 11 is 6.06. The van der Waals surface area contributed by atoms with Crippen LogP contribution in [0.3, 0.4) is 0 Å². The Morgan fingerprint density at radius 1 is 0.968 bits per heavy atom. The number of non-ortho nitro benzene ring substituents is 1. The van der Waals surface area contributed by atoms with Crippen LogP contribution in [-0.4, -0.2) is 68.5 Å². The summed E-state index contributed by atoms with van der Waals surface area (Å²) in [5.74, 6) is 12.2. The second kappa shape index (κ2) is 10.1. The number of hydrogen-bond acceptors (Lipinski definition) is 7. The molecule has 2 rings (SSSR count). The first kappa shape index (κ1) is 24.6. The van der Waals surface area contributed by atoms with Crippen LogP contribution < -0.4 is 16.6 Å². The summed E-state index contributed by atoms with van der Waals surface area (Å²) in [4.78, 5) is 12.5. The van der Waals surface area contributed by atoms with Gasteiger partial charge in [0.2, 0.25) is 0 Å². The highest BCUT2D eigenvalue weighted by Gasteiger charge is 2.17. The minimum absolute atomic E-state index is 0.0908. The molecule has 0 aliphatic carbocycles. The molecule has 10 nitrogen and oxygen atoms in total. The Kier molecular flexibility index (Phi) is 8.04. The number of nitro groups is 1. The lowest BCUT2D eigenvalue weighted by Gasteiger charge is -2.31. The molecule has 0 aromatic heterocycles. The van der Waals surface area contributed by atoms with Crippen LogP contribution in [0.25, 0.3) is 0 Å². The van der Waals surface area contributed by atoms with Gasteiger partial charge in [-0.15, -0.1) is 5.11 Å². The lowest BCUT2D eigenvalue weighted by atomic mass is 10.2. The van der Waals surface area contributed by atoms with Crippen molar-refractivity contribution in [3.8, 4) is 0 Å². The van der Waals surface area contributed by atoms with Crippen molar-refractivity contribution in [1.29, 1.82) is 0 Å². The van der Waals surface area contributed by atoms with Gasteiger partial charge in [0, 0.05) is 17.8 Å². The molecule has 0 atom stereocenters. The largest absolute Gasteiger partial charge is 0.360 e. The Morgan fingerprint density at radius 2 is 1.52 bits per heavy atom.